The lowest BCUT2D eigenvalue weighted by atomic mass is 9.90. The number of likely N-dealkylation sites (tertiary alicyclic amines) is 1. The number of rotatable bonds is 0. The number of amides is 2. The number of urea groups is 1. The van der Waals surface area contributed by atoms with E-state index < -0.39 is 0 Å². The quantitative estimate of drug-likeness (QED) is 0.709. The van der Waals surface area contributed by atoms with Gasteiger partial charge in [-0.3, -0.25) is 0 Å². The first-order chi connectivity index (χ1) is 8.74. The van der Waals surface area contributed by atoms with Crippen LogP contribution in [0.1, 0.15) is 19.8 Å². The summed E-state index contributed by atoms with van der Waals surface area (Å²) in [5, 5.41) is 2.91. The van der Waals surface area contributed by atoms with Gasteiger partial charge in [0.05, 0.1) is 12.0 Å². The molecule has 1 fully saturated rings. The lowest BCUT2D eigenvalue weighted by Gasteiger charge is -2.39. The second-order valence-corrected chi connectivity index (χ2v) is 5.43. The number of carbonyl (C=O) groups is 1. The number of hydrogen-bond acceptors (Lipinski definition) is 2. The summed E-state index contributed by atoms with van der Waals surface area (Å²) in [6.45, 7) is 4.31. The standard InChI is InChI=1S/C14H19N3O/c1-10-5-4-8-17(9-10)13-11-6-2-3-7-12(11)15-14(18)16-13/h2-3,6-7,10-12H,4-5,8-9H2,1H3,(H,15,18). The van der Waals surface area contributed by atoms with Crippen molar-refractivity contribution < 1.29 is 4.79 Å². The SMILES string of the molecule is CC1CCCN(C2=NC(=O)NC3C=CC=CC23)C1. The third-order valence-corrected chi connectivity index (χ3v) is 3.92. The molecule has 2 aliphatic heterocycles. The molecule has 1 N–H and O–H groups in total. The zero-order valence-electron chi connectivity index (χ0n) is 10.7. The molecule has 3 atom stereocenters. The Morgan fingerprint density at radius 3 is 3.06 bits per heavy atom. The van der Waals surface area contributed by atoms with Gasteiger partial charge in [-0.2, -0.15) is 4.99 Å². The fourth-order valence-electron chi connectivity index (χ4n) is 3.02. The number of allylic oxidation sites excluding steroid dienone is 2. The number of aliphatic imine (C=N–C) groups is 1. The second kappa shape index (κ2) is 4.59. The van der Waals surface area contributed by atoms with Gasteiger partial charge in [0.15, 0.2) is 0 Å². The fourth-order valence-corrected chi connectivity index (χ4v) is 3.02. The predicted molar refractivity (Wildman–Crippen MR) is 71.5 cm³/mol. The molecular weight excluding hydrogens is 226 g/mol. The first kappa shape index (κ1) is 11.5. The molecule has 0 aromatic heterocycles. The molecule has 2 amide bonds. The van der Waals surface area contributed by atoms with Crippen molar-refractivity contribution in [3.8, 4) is 0 Å². The van der Waals surface area contributed by atoms with Crippen LogP contribution in [-0.4, -0.2) is 35.9 Å². The van der Waals surface area contributed by atoms with Crippen molar-refractivity contribution in [2.24, 2.45) is 16.8 Å². The van der Waals surface area contributed by atoms with Crippen LogP contribution in [0, 0.1) is 11.8 Å². The van der Waals surface area contributed by atoms with Crippen LogP contribution in [0.4, 0.5) is 4.79 Å². The summed E-state index contributed by atoms with van der Waals surface area (Å²) >= 11 is 0. The van der Waals surface area contributed by atoms with Gasteiger partial charge in [-0.05, 0) is 18.8 Å². The molecule has 4 nitrogen and oxygen atoms in total. The molecule has 1 aliphatic carbocycles. The van der Waals surface area contributed by atoms with Gasteiger partial charge in [-0.15, -0.1) is 0 Å². The van der Waals surface area contributed by atoms with Gasteiger partial charge in [0.1, 0.15) is 5.84 Å². The molecular formula is C14H19N3O. The molecule has 3 rings (SSSR count). The lowest BCUT2D eigenvalue weighted by Crippen LogP contribution is -2.53. The Bertz CT molecular complexity index is 438. The molecule has 2 heterocycles. The average Bonchev–Trinajstić information content (AvgIpc) is 2.37. The van der Waals surface area contributed by atoms with Crippen LogP contribution in [0.3, 0.4) is 0 Å². The molecule has 0 aromatic carbocycles. The third-order valence-electron chi connectivity index (χ3n) is 3.92. The second-order valence-electron chi connectivity index (χ2n) is 5.43. The number of hydrogen-bond donors (Lipinski definition) is 1. The van der Waals surface area contributed by atoms with E-state index in [0.29, 0.717) is 5.92 Å². The molecule has 1 saturated heterocycles. The van der Waals surface area contributed by atoms with E-state index in [9.17, 15) is 4.79 Å². The number of nitrogens with one attached hydrogen (secondary N) is 1. The summed E-state index contributed by atoms with van der Waals surface area (Å²) in [5.41, 5.74) is 0. The zero-order valence-corrected chi connectivity index (χ0v) is 10.7. The van der Waals surface area contributed by atoms with E-state index in [-0.39, 0.29) is 18.0 Å². The Balaban J connectivity index is 1.86. The van der Waals surface area contributed by atoms with Crippen LogP contribution in [0.15, 0.2) is 29.3 Å². The topological polar surface area (TPSA) is 44.7 Å². The van der Waals surface area contributed by atoms with Gasteiger partial charge in [0, 0.05) is 13.1 Å². The zero-order chi connectivity index (χ0) is 12.5. The van der Waals surface area contributed by atoms with Crippen molar-refractivity contribution in [1.82, 2.24) is 10.2 Å². The Labute approximate surface area is 107 Å². The van der Waals surface area contributed by atoms with Crippen molar-refractivity contribution in [3.63, 3.8) is 0 Å². The monoisotopic (exact) mass is 245 g/mol. The van der Waals surface area contributed by atoms with Gasteiger partial charge in [-0.25, -0.2) is 4.79 Å². The van der Waals surface area contributed by atoms with Crippen molar-refractivity contribution >= 4 is 11.9 Å². The van der Waals surface area contributed by atoms with Crippen LogP contribution < -0.4 is 5.32 Å². The highest BCUT2D eigenvalue weighted by molar-refractivity contribution is 5.99. The molecule has 3 unspecified atom stereocenters. The molecule has 3 aliphatic rings. The Hall–Kier alpha value is -1.58. The third kappa shape index (κ3) is 2.07. The van der Waals surface area contributed by atoms with Crippen LogP contribution in [0.2, 0.25) is 0 Å². The van der Waals surface area contributed by atoms with Crippen LogP contribution in [0.25, 0.3) is 0 Å². The summed E-state index contributed by atoms with van der Waals surface area (Å²) in [6, 6.07) is -0.128. The molecule has 0 saturated carbocycles. The molecule has 96 valence electrons. The van der Waals surface area contributed by atoms with Crippen molar-refractivity contribution in [3.05, 3.63) is 24.3 Å². The normalized spacial score (nSPS) is 34.9. The Morgan fingerprint density at radius 2 is 2.22 bits per heavy atom. The van der Waals surface area contributed by atoms with E-state index in [1.54, 1.807) is 0 Å². The van der Waals surface area contributed by atoms with E-state index >= 15 is 0 Å². The number of piperidine rings is 1. The van der Waals surface area contributed by atoms with Crippen LogP contribution in [-0.2, 0) is 0 Å². The summed E-state index contributed by atoms with van der Waals surface area (Å²) in [4.78, 5) is 18.2. The molecule has 18 heavy (non-hydrogen) atoms. The summed E-state index contributed by atoms with van der Waals surface area (Å²) in [5.74, 6) is 1.85. The number of nitrogens with zero attached hydrogens (tertiary/aromatic N) is 2. The number of fused-ring (bicyclic) bond motifs is 1. The highest BCUT2D eigenvalue weighted by Gasteiger charge is 2.34. The first-order valence-electron chi connectivity index (χ1n) is 6.73. The largest absolute Gasteiger partial charge is 0.359 e. The summed E-state index contributed by atoms with van der Waals surface area (Å²) in [7, 11) is 0. The minimum atomic E-state index is -0.204. The fraction of sp³-hybridized carbons (Fsp3) is 0.571. The summed E-state index contributed by atoms with van der Waals surface area (Å²) < 4.78 is 0. The maximum Gasteiger partial charge on any atom is 0.343 e. The maximum atomic E-state index is 11.7. The highest BCUT2D eigenvalue weighted by Crippen LogP contribution is 2.24. The summed E-state index contributed by atoms with van der Waals surface area (Å²) in [6.07, 6.45) is 10.7. The van der Waals surface area contributed by atoms with E-state index in [1.165, 1.54) is 12.8 Å². The van der Waals surface area contributed by atoms with Crippen molar-refractivity contribution in [2.75, 3.05) is 13.1 Å². The number of carbonyl (C=O) groups excluding carboxylic acids is 1. The van der Waals surface area contributed by atoms with E-state index in [4.69, 9.17) is 0 Å². The molecule has 0 radical (unpaired) electrons. The Kier molecular flexibility index (Phi) is 2.94. The number of amidine groups is 1. The van der Waals surface area contributed by atoms with Gasteiger partial charge >= 0.3 is 6.03 Å². The molecule has 0 spiro atoms. The average molecular weight is 245 g/mol. The lowest BCUT2D eigenvalue weighted by molar-refractivity contribution is 0.235. The minimum Gasteiger partial charge on any atom is -0.359 e. The Morgan fingerprint density at radius 1 is 1.39 bits per heavy atom. The molecule has 4 heteroatoms. The first-order valence-corrected chi connectivity index (χ1v) is 6.73. The van der Waals surface area contributed by atoms with Gasteiger partial charge in [0.25, 0.3) is 0 Å². The minimum absolute atomic E-state index is 0.0761. The molecule has 0 bridgehead atoms. The maximum absolute atomic E-state index is 11.7. The van der Waals surface area contributed by atoms with Crippen LogP contribution in [0.5, 0.6) is 0 Å². The van der Waals surface area contributed by atoms with E-state index in [0.717, 1.165) is 18.9 Å². The van der Waals surface area contributed by atoms with Gasteiger partial charge < -0.3 is 10.2 Å². The smallest absolute Gasteiger partial charge is 0.343 e. The predicted octanol–water partition coefficient (Wildman–Crippen LogP) is 1.95. The van der Waals surface area contributed by atoms with E-state index in [1.807, 2.05) is 18.2 Å². The van der Waals surface area contributed by atoms with Crippen molar-refractivity contribution in [1.29, 1.82) is 0 Å². The van der Waals surface area contributed by atoms with Gasteiger partial charge in [-0.1, -0.05) is 31.2 Å². The van der Waals surface area contributed by atoms with Crippen molar-refractivity contribution in [2.45, 2.75) is 25.8 Å². The van der Waals surface area contributed by atoms with Crippen LogP contribution >= 0.6 is 0 Å². The molecule has 0 aromatic rings. The van der Waals surface area contributed by atoms with Gasteiger partial charge in [0.2, 0.25) is 0 Å². The van der Waals surface area contributed by atoms with E-state index in [2.05, 4.69) is 28.2 Å². The highest BCUT2D eigenvalue weighted by atomic mass is 16.2.